The van der Waals surface area contributed by atoms with E-state index < -0.39 is 17.8 Å². The monoisotopic (exact) mass is 535 g/mol. The molecule has 0 unspecified atom stereocenters. The predicted octanol–water partition coefficient (Wildman–Crippen LogP) is 4.52. The van der Waals surface area contributed by atoms with Crippen molar-refractivity contribution < 1.29 is 24.3 Å². The van der Waals surface area contributed by atoms with E-state index >= 15 is 0 Å². The lowest BCUT2D eigenvalue weighted by Gasteiger charge is -2.33. The summed E-state index contributed by atoms with van der Waals surface area (Å²) in [5, 5.41) is 14.3. The summed E-state index contributed by atoms with van der Waals surface area (Å²) in [6, 6.07) is 13.3. The fourth-order valence-corrected chi connectivity index (χ4v) is 5.32. The molecule has 5 rings (SSSR count). The molecule has 9 heteroatoms. The first-order chi connectivity index (χ1) is 16.7. The maximum atomic E-state index is 13.5. The number of halogens is 1. The molecule has 2 N–H and O–H groups in total. The van der Waals surface area contributed by atoms with Gasteiger partial charge in [0, 0.05) is 58.1 Å². The molecule has 8 nitrogen and oxygen atoms in total. The summed E-state index contributed by atoms with van der Waals surface area (Å²) >= 11 is 3.27. The van der Waals surface area contributed by atoms with Gasteiger partial charge in [-0.25, -0.2) is 9.69 Å². The number of hydrogen-bond donors (Lipinski definition) is 2. The number of amides is 3. The number of piperidine rings is 1. The number of nitrogens with zero attached hydrogens (tertiary/aromatic N) is 2. The number of hydrogen-bond acceptors (Lipinski definition) is 5. The molecule has 3 aromatic rings. The SMILES string of the molecule is CC(=O)N1CCC(Nc2ccc3c4c(cccc24)C(=O)N(c2cc(Br)cc(C(=O)O)c2)C3=O)CC1. The number of imide groups is 1. The summed E-state index contributed by atoms with van der Waals surface area (Å²) in [5.74, 6) is -2.09. The van der Waals surface area contributed by atoms with E-state index in [4.69, 9.17) is 0 Å². The lowest BCUT2D eigenvalue weighted by molar-refractivity contribution is -0.129. The Labute approximate surface area is 209 Å². The fraction of sp³-hybridized carbons (Fsp3) is 0.231. The fourth-order valence-electron chi connectivity index (χ4n) is 4.84. The Bertz CT molecular complexity index is 1390. The van der Waals surface area contributed by atoms with E-state index in [-0.39, 0.29) is 23.2 Å². The number of nitrogens with one attached hydrogen (secondary N) is 1. The number of likely N-dealkylation sites (tertiary alicyclic amines) is 1. The molecule has 0 saturated carbocycles. The van der Waals surface area contributed by atoms with Crippen LogP contribution in [-0.2, 0) is 4.79 Å². The highest BCUT2D eigenvalue weighted by atomic mass is 79.9. The number of benzene rings is 3. The van der Waals surface area contributed by atoms with Gasteiger partial charge in [-0.2, -0.15) is 0 Å². The van der Waals surface area contributed by atoms with Crippen molar-refractivity contribution in [1.82, 2.24) is 4.90 Å². The minimum Gasteiger partial charge on any atom is -0.478 e. The summed E-state index contributed by atoms with van der Waals surface area (Å²) in [4.78, 5) is 53.0. The largest absolute Gasteiger partial charge is 0.478 e. The van der Waals surface area contributed by atoms with Gasteiger partial charge in [-0.1, -0.05) is 28.1 Å². The van der Waals surface area contributed by atoms with E-state index in [1.807, 2.05) is 17.0 Å². The zero-order valence-electron chi connectivity index (χ0n) is 18.9. The van der Waals surface area contributed by atoms with Gasteiger partial charge in [0.2, 0.25) is 5.91 Å². The maximum Gasteiger partial charge on any atom is 0.335 e. The number of aromatic carboxylic acids is 1. The van der Waals surface area contributed by atoms with Crippen LogP contribution in [0, 0.1) is 0 Å². The minimum absolute atomic E-state index is 0.0330. The van der Waals surface area contributed by atoms with E-state index in [2.05, 4.69) is 21.2 Å². The molecule has 3 aromatic carbocycles. The van der Waals surface area contributed by atoms with Crippen LogP contribution in [0.5, 0.6) is 0 Å². The maximum absolute atomic E-state index is 13.5. The number of carbonyl (C=O) groups is 4. The highest BCUT2D eigenvalue weighted by Crippen LogP contribution is 2.37. The van der Waals surface area contributed by atoms with Crippen LogP contribution in [0.2, 0.25) is 0 Å². The van der Waals surface area contributed by atoms with Crippen LogP contribution in [0.25, 0.3) is 10.8 Å². The first kappa shape index (κ1) is 23.0. The molecule has 1 fully saturated rings. The van der Waals surface area contributed by atoms with E-state index in [1.54, 1.807) is 31.2 Å². The van der Waals surface area contributed by atoms with E-state index in [0.717, 1.165) is 28.8 Å². The van der Waals surface area contributed by atoms with Crippen LogP contribution < -0.4 is 10.2 Å². The summed E-state index contributed by atoms with van der Waals surface area (Å²) in [5.41, 5.74) is 1.74. The number of anilines is 2. The van der Waals surface area contributed by atoms with Crippen LogP contribution in [0.3, 0.4) is 0 Å². The quantitative estimate of drug-likeness (QED) is 0.475. The lowest BCUT2D eigenvalue weighted by atomic mass is 9.92. The number of carboxylic acid groups (broad SMARTS) is 1. The Morgan fingerprint density at radius 3 is 2.34 bits per heavy atom. The first-order valence-electron chi connectivity index (χ1n) is 11.2. The molecule has 3 amide bonds. The number of carboxylic acids is 1. The van der Waals surface area contributed by atoms with Gasteiger partial charge >= 0.3 is 5.97 Å². The molecule has 2 aliphatic heterocycles. The third-order valence-corrected chi connectivity index (χ3v) is 7.05. The summed E-state index contributed by atoms with van der Waals surface area (Å²) < 4.78 is 0.451. The molecule has 0 bridgehead atoms. The highest BCUT2D eigenvalue weighted by Gasteiger charge is 2.35. The molecular weight excluding hydrogens is 514 g/mol. The second-order valence-electron chi connectivity index (χ2n) is 8.76. The molecule has 0 spiro atoms. The number of carbonyl (C=O) groups excluding carboxylic acids is 3. The smallest absolute Gasteiger partial charge is 0.335 e. The van der Waals surface area contributed by atoms with Crippen molar-refractivity contribution in [2.24, 2.45) is 0 Å². The van der Waals surface area contributed by atoms with E-state index in [1.165, 1.54) is 12.1 Å². The Morgan fingerprint density at radius 2 is 1.69 bits per heavy atom. The Morgan fingerprint density at radius 1 is 1.00 bits per heavy atom. The third kappa shape index (κ3) is 4.05. The van der Waals surface area contributed by atoms with Gasteiger partial charge in [0.15, 0.2) is 0 Å². The van der Waals surface area contributed by atoms with E-state index in [9.17, 15) is 24.3 Å². The normalized spacial score (nSPS) is 16.1. The molecule has 0 aliphatic carbocycles. The van der Waals surface area contributed by atoms with Crippen LogP contribution in [0.15, 0.2) is 53.0 Å². The van der Waals surface area contributed by atoms with Gasteiger partial charge in [-0.3, -0.25) is 14.4 Å². The van der Waals surface area contributed by atoms with Gasteiger partial charge in [0.25, 0.3) is 11.8 Å². The van der Waals surface area contributed by atoms with Gasteiger partial charge in [0.1, 0.15) is 0 Å². The minimum atomic E-state index is -1.16. The second kappa shape index (κ2) is 8.81. The van der Waals surface area contributed by atoms with Gasteiger partial charge in [0.05, 0.1) is 11.3 Å². The zero-order chi connectivity index (χ0) is 24.9. The van der Waals surface area contributed by atoms with Crippen molar-refractivity contribution in [2.45, 2.75) is 25.8 Å². The lowest BCUT2D eigenvalue weighted by Crippen LogP contribution is -2.41. The zero-order valence-corrected chi connectivity index (χ0v) is 20.5. The molecule has 0 radical (unpaired) electrons. The van der Waals surface area contributed by atoms with Crippen LogP contribution >= 0.6 is 15.9 Å². The van der Waals surface area contributed by atoms with Gasteiger partial charge in [-0.05, 0) is 49.2 Å². The van der Waals surface area contributed by atoms with Crippen LogP contribution in [0.1, 0.15) is 50.8 Å². The predicted molar refractivity (Wildman–Crippen MR) is 135 cm³/mol. The molecule has 0 atom stereocenters. The van der Waals surface area contributed by atoms with Crippen molar-refractivity contribution in [3.63, 3.8) is 0 Å². The summed E-state index contributed by atoms with van der Waals surface area (Å²) in [7, 11) is 0. The van der Waals surface area contributed by atoms with E-state index in [0.29, 0.717) is 34.1 Å². The third-order valence-electron chi connectivity index (χ3n) is 6.60. The molecule has 178 valence electrons. The van der Waals surface area contributed by atoms with Crippen molar-refractivity contribution in [1.29, 1.82) is 0 Å². The van der Waals surface area contributed by atoms with Gasteiger partial charge in [-0.15, -0.1) is 0 Å². The first-order valence-corrected chi connectivity index (χ1v) is 12.0. The Balaban J connectivity index is 1.52. The Hall–Kier alpha value is -3.72. The summed E-state index contributed by atoms with van der Waals surface area (Å²) in [6.45, 7) is 2.95. The standard InChI is InChI=1S/C26H22BrN3O5/c1-14(31)29-9-7-17(8-10-29)28-22-6-5-21-23-19(22)3-2-4-20(23)24(32)30(25(21)33)18-12-15(26(34)35)11-16(27)13-18/h2-6,11-13,17,28H,7-10H2,1H3,(H,34,35). The number of rotatable bonds is 4. The van der Waals surface area contributed by atoms with Crippen LogP contribution in [-0.4, -0.2) is 52.8 Å². The van der Waals surface area contributed by atoms with Crippen molar-refractivity contribution in [3.8, 4) is 0 Å². The molecule has 2 heterocycles. The van der Waals surface area contributed by atoms with Crippen LogP contribution in [0.4, 0.5) is 11.4 Å². The average Bonchev–Trinajstić information content (AvgIpc) is 2.83. The highest BCUT2D eigenvalue weighted by molar-refractivity contribution is 9.10. The van der Waals surface area contributed by atoms with Gasteiger partial charge < -0.3 is 15.3 Å². The molecule has 0 aromatic heterocycles. The molecule has 35 heavy (non-hydrogen) atoms. The van der Waals surface area contributed by atoms with Crippen molar-refractivity contribution in [2.75, 3.05) is 23.3 Å². The molecule has 1 saturated heterocycles. The average molecular weight is 536 g/mol. The summed E-state index contributed by atoms with van der Waals surface area (Å²) in [6.07, 6.45) is 1.62. The molecule has 2 aliphatic rings. The van der Waals surface area contributed by atoms with Crippen molar-refractivity contribution >= 4 is 61.8 Å². The topological polar surface area (TPSA) is 107 Å². The van der Waals surface area contributed by atoms with Crippen molar-refractivity contribution in [3.05, 3.63) is 69.7 Å². The molecular formula is C26H22BrN3O5. The second-order valence-corrected chi connectivity index (χ2v) is 9.68. The Kier molecular flexibility index (Phi) is 5.80.